The molecular weight excluding hydrogens is 270 g/mol. The summed E-state index contributed by atoms with van der Waals surface area (Å²) in [4.78, 5) is 16.6. The van der Waals surface area contributed by atoms with Gasteiger partial charge in [0.15, 0.2) is 0 Å². The number of amides is 1. The van der Waals surface area contributed by atoms with Crippen molar-refractivity contribution in [3.8, 4) is 0 Å². The molecule has 0 spiro atoms. The van der Waals surface area contributed by atoms with Crippen molar-refractivity contribution >= 4 is 17.2 Å². The number of nitrogens with two attached hydrogens (primary N) is 1. The topological polar surface area (TPSA) is 68.0 Å². The van der Waals surface area contributed by atoms with Crippen molar-refractivity contribution in [2.24, 2.45) is 23.5 Å². The van der Waals surface area contributed by atoms with Crippen molar-refractivity contribution in [3.63, 3.8) is 0 Å². The Kier molecular flexibility index (Phi) is 4.08. The van der Waals surface area contributed by atoms with Crippen LogP contribution >= 0.6 is 11.3 Å². The Morgan fingerprint density at radius 1 is 1.55 bits per heavy atom. The van der Waals surface area contributed by atoms with Gasteiger partial charge in [0, 0.05) is 17.8 Å². The van der Waals surface area contributed by atoms with E-state index in [9.17, 15) is 4.79 Å². The number of aromatic nitrogens is 1. The Balaban J connectivity index is 1.57. The van der Waals surface area contributed by atoms with Gasteiger partial charge in [-0.05, 0) is 50.5 Å². The largest absolute Gasteiger partial charge is 0.348 e. The van der Waals surface area contributed by atoms with Crippen LogP contribution in [0.5, 0.6) is 0 Å². The van der Waals surface area contributed by atoms with E-state index >= 15 is 0 Å². The summed E-state index contributed by atoms with van der Waals surface area (Å²) >= 11 is 1.52. The summed E-state index contributed by atoms with van der Waals surface area (Å²) in [6, 6.07) is 0.262. The molecule has 1 amide bonds. The fraction of sp³-hybridized carbons (Fsp3) is 0.733. The zero-order valence-electron chi connectivity index (χ0n) is 12.0. The van der Waals surface area contributed by atoms with E-state index < -0.39 is 0 Å². The molecule has 0 aromatic carbocycles. The lowest BCUT2D eigenvalue weighted by Crippen LogP contribution is -2.40. The van der Waals surface area contributed by atoms with Gasteiger partial charge in [-0.3, -0.25) is 4.79 Å². The standard InChI is InChI=1S/C15H23N3OS/c1-9(12-7-10-2-3-11(12)6-10)17-15(19)13-8-20-14(18-13)4-5-16/h8-12H,2-7,16H2,1H3,(H,17,19). The number of fused-ring (bicyclic) bond motifs is 2. The van der Waals surface area contributed by atoms with Gasteiger partial charge >= 0.3 is 0 Å². The Morgan fingerprint density at radius 3 is 3.05 bits per heavy atom. The molecule has 110 valence electrons. The van der Waals surface area contributed by atoms with Crippen molar-refractivity contribution in [1.82, 2.24) is 10.3 Å². The first-order valence-corrected chi connectivity index (χ1v) is 8.50. The first-order chi connectivity index (χ1) is 9.67. The van der Waals surface area contributed by atoms with Gasteiger partial charge in [-0.25, -0.2) is 4.98 Å². The molecule has 3 rings (SSSR count). The molecule has 2 fully saturated rings. The SMILES string of the molecule is CC(NC(=O)c1csc(CCN)n1)C1CC2CCC1C2. The van der Waals surface area contributed by atoms with E-state index in [1.54, 1.807) is 0 Å². The minimum absolute atomic E-state index is 0.0280. The molecule has 2 saturated carbocycles. The summed E-state index contributed by atoms with van der Waals surface area (Å²) in [5.41, 5.74) is 6.06. The van der Waals surface area contributed by atoms with Crippen molar-refractivity contribution in [1.29, 1.82) is 0 Å². The molecule has 2 aliphatic carbocycles. The second kappa shape index (κ2) is 5.82. The number of carbonyl (C=O) groups is 1. The highest BCUT2D eigenvalue weighted by Crippen LogP contribution is 2.49. The maximum absolute atomic E-state index is 12.2. The Morgan fingerprint density at radius 2 is 2.40 bits per heavy atom. The van der Waals surface area contributed by atoms with Crippen LogP contribution in [0, 0.1) is 17.8 Å². The number of hydrogen-bond donors (Lipinski definition) is 2. The molecule has 0 aliphatic heterocycles. The maximum atomic E-state index is 12.2. The first-order valence-electron chi connectivity index (χ1n) is 7.62. The molecule has 4 unspecified atom stereocenters. The molecule has 4 nitrogen and oxygen atoms in total. The molecule has 0 saturated heterocycles. The summed E-state index contributed by atoms with van der Waals surface area (Å²) in [6.45, 7) is 2.73. The van der Waals surface area contributed by atoms with Gasteiger partial charge in [0.1, 0.15) is 5.69 Å². The monoisotopic (exact) mass is 293 g/mol. The first kappa shape index (κ1) is 14.0. The average molecular weight is 293 g/mol. The fourth-order valence-electron chi connectivity index (χ4n) is 3.95. The molecular formula is C15H23N3OS. The molecule has 5 heteroatoms. The summed E-state index contributed by atoms with van der Waals surface area (Å²) in [5, 5.41) is 5.94. The zero-order valence-corrected chi connectivity index (χ0v) is 12.8. The van der Waals surface area contributed by atoms with E-state index in [0.29, 0.717) is 18.2 Å². The fourth-order valence-corrected chi connectivity index (χ4v) is 4.74. The quantitative estimate of drug-likeness (QED) is 0.874. The molecule has 20 heavy (non-hydrogen) atoms. The van der Waals surface area contributed by atoms with Crippen LogP contribution in [-0.2, 0) is 6.42 Å². The van der Waals surface area contributed by atoms with E-state index in [1.807, 2.05) is 5.38 Å². The maximum Gasteiger partial charge on any atom is 0.270 e. The van der Waals surface area contributed by atoms with E-state index in [0.717, 1.165) is 23.3 Å². The second-order valence-electron chi connectivity index (χ2n) is 6.27. The molecule has 1 aromatic heterocycles. The van der Waals surface area contributed by atoms with Gasteiger partial charge in [0.2, 0.25) is 0 Å². The predicted molar refractivity (Wildman–Crippen MR) is 80.7 cm³/mol. The highest BCUT2D eigenvalue weighted by atomic mass is 32.1. The third kappa shape index (κ3) is 2.74. The van der Waals surface area contributed by atoms with Crippen LogP contribution in [0.25, 0.3) is 0 Å². The Bertz CT molecular complexity index is 487. The van der Waals surface area contributed by atoms with Crippen LogP contribution in [0.4, 0.5) is 0 Å². The summed E-state index contributed by atoms with van der Waals surface area (Å²) in [5.74, 6) is 2.39. The summed E-state index contributed by atoms with van der Waals surface area (Å²) < 4.78 is 0. The number of thiazole rings is 1. The number of hydrogen-bond acceptors (Lipinski definition) is 4. The van der Waals surface area contributed by atoms with Crippen molar-refractivity contribution in [2.75, 3.05) is 6.54 Å². The Hall–Kier alpha value is -0.940. The minimum atomic E-state index is -0.0280. The third-order valence-electron chi connectivity index (χ3n) is 4.94. The summed E-state index contributed by atoms with van der Waals surface area (Å²) in [7, 11) is 0. The van der Waals surface area contributed by atoms with Crippen molar-refractivity contribution < 1.29 is 4.79 Å². The molecule has 3 N–H and O–H groups in total. The molecule has 0 radical (unpaired) electrons. The minimum Gasteiger partial charge on any atom is -0.348 e. The van der Waals surface area contributed by atoms with Gasteiger partial charge in [-0.1, -0.05) is 6.42 Å². The zero-order chi connectivity index (χ0) is 14.1. The summed E-state index contributed by atoms with van der Waals surface area (Å²) in [6.07, 6.45) is 6.17. The molecule has 1 heterocycles. The smallest absolute Gasteiger partial charge is 0.270 e. The number of carbonyl (C=O) groups excluding carboxylic acids is 1. The van der Waals surface area contributed by atoms with Crippen LogP contribution in [0.1, 0.15) is 48.1 Å². The number of rotatable bonds is 5. The van der Waals surface area contributed by atoms with Gasteiger partial charge in [0.05, 0.1) is 5.01 Å². The van der Waals surface area contributed by atoms with Crippen LogP contribution in [-0.4, -0.2) is 23.5 Å². The van der Waals surface area contributed by atoms with Crippen LogP contribution < -0.4 is 11.1 Å². The second-order valence-corrected chi connectivity index (χ2v) is 7.21. The number of nitrogens with one attached hydrogen (secondary N) is 1. The number of nitrogens with zero attached hydrogens (tertiary/aromatic N) is 1. The molecule has 2 aliphatic rings. The molecule has 4 atom stereocenters. The average Bonchev–Trinajstić information content (AvgIpc) is 3.14. The normalized spacial score (nSPS) is 29.6. The van der Waals surface area contributed by atoms with E-state index in [2.05, 4.69) is 17.2 Å². The lowest BCUT2D eigenvalue weighted by atomic mass is 9.84. The Labute approximate surface area is 124 Å². The molecule has 1 aromatic rings. The third-order valence-corrected chi connectivity index (χ3v) is 5.84. The van der Waals surface area contributed by atoms with Crippen LogP contribution in [0.3, 0.4) is 0 Å². The molecule has 2 bridgehead atoms. The van der Waals surface area contributed by atoms with Crippen molar-refractivity contribution in [3.05, 3.63) is 16.1 Å². The van der Waals surface area contributed by atoms with Crippen LogP contribution in [0.15, 0.2) is 5.38 Å². The lowest BCUT2D eigenvalue weighted by Gasteiger charge is -2.28. The van der Waals surface area contributed by atoms with E-state index in [4.69, 9.17) is 5.73 Å². The lowest BCUT2D eigenvalue weighted by molar-refractivity contribution is 0.0910. The van der Waals surface area contributed by atoms with Crippen LogP contribution in [0.2, 0.25) is 0 Å². The van der Waals surface area contributed by atoms with E-state index in [-0.39, 0.29) is 11.9 Å². The van der Waals surface area contributed by atoms with Crippen molar-refractivity contribution in [2.45, 2.75) is 45.1 Å². The van der Waals surface area contributed by atoms with Gasteiger partial charge in [-0.15, -0.1) is 11.3 Å². The predicted octanol–water partition coefficient (Wildman–Crippen LogP) is 2.20. The van der Waals surface area contributed by atoms with Gasteiger partial charge in [0.25, 0.3) is 5.91 Å². The van der Waals surface area contributed by atoms with Gasteiger partial charge < -0.3 is 11.1 Å². The van der Waals surface area contributed by atoms with Gasteiger partial charge in [-0.2, -0.15) is 0 Å². The van der Waals surface area contributed by atoms with E-state index in [1.165, 1.54) is 37.0 Å². The highest BCUT2D eigenvalue weighted by Gasteiger charge is 2.42. The highest BCUT2D eigenvalue weighted by molar-refractivity contribution is 7.09.